The molecule has 0 amide bonds. The van der Waals surface area contributed by atoms with Gasteiger partial charge in [-0.3, -0.25) is 4.90 Å². The molecule has 1 N–H and O–H groups in total. The van der Waals surface area contributed by atoms with E-state index in [1.54, 1.807) is 6.33 Å². The molecule has 3 heterocycles. The average molecular weight is 382 g/mol. The summed E-state index contributed by atoms with van der Waals surface area (Å²) < 4.78 is 0. The standard InChI is InChI=1S/C21H27N5S/c1-17-5-4-6-18(15-17)26-12-10-25(11-13-26)9-2-3-14-27-21-19-7-8-22-20(19)23-16-24-21/h4-8,15-16H,2-3,9-14H2,1H3,(H,22,23,24). The van der Waals surface area contributed by atoms with Crippen LogP contribution in [0.15, 0.2) is 47.9 Å². The van der Waals surface area contributed by atoms with Gasteiger partial charge in [-0.1, -0.05) is 12.1 Å². The van der Waals surface area contributed by atoms with E-state index >= 15 is 0 Å². The fraction of sp³-hybridized carbons (Fsp3) is 0.429. The van der Waals surface area contributed by atoms with E-state index in [9.17, 15) is 0 Å². The largest absolute Gasteiger partial charge is 0.369 e. The molecule has 1 saturated heterocycles. The van der Waals surface area contributed by atoms with Crippen LogP contribution in [0.5, 0.6) is 0 Å². The Morgan fingerprint density at radius 2 is 1.96 bits per heavy atom. The van der Waals surface area contributed by atoms with Crippen molar-refractivity contribution in [3.8, 4) is 0 Å². The maximum absolute atomic E-state index is 4.43. The number of nitrogens with one attached hydrogen (secondary N) is 1. The highest BCUT2D eigenvalue weighted by Crippen LogP contribution is 2.24. The number of H-pyrrole nitrogens is 1. The van der Waals surface area contributed by atoms with Crippen LogP contribution in [0.4, 0.5) is 5.69 Å². The predicted molar refractivity (Wildman–Crippen MR) is 114 cm³/mol. The second-order valence-electron chi connectivity index (χ2n) is 7.14. The van der Waals surface area contributed by atoms with Crippen LogP contribution in [0.25, 0.3) is 11.0 Å². The maximum atomic E-state index is 4.43. The molecule has 142 valence electrons. The molecule has 1 fully saturated rings. The first kappa shape index (κ1) is 18.3. The second kappa shape index (κ2) is 8.76. The number of hydrogen-bond acceptors (Lipinski definition) is 5. The van der Waals surface area contributed by atoms with Crippen LogP contribution in [0.2, 0.25) is 0 Å². The molecule has 0 bridgehead atoms. The van der Waals surface area contributed by atoms with Gasteiger partial charge in [-0.2, -0.15) is 0 Å². The van der Waals surface area contributed by atoms with Gasteiger partial charge in [0, 0.05) is 38.1 Å². The van der Waals surface area contributed by atoms with Gasteiger partial charge in [0.1, 0.15) is 17.0 Å². The Balaban J connectivity index is 1.16. The number of hydrogen-bond donors (Lipinski definition) is 1. The lowest BCUT2D eigenvalue weighted by Gasteiger charge is -2.36. The lowest BCUT2D eigenvalue weighted by molar-refractivity contribution is 0.254. The summed E-state index contributed by atoms with van der Waals surface area (Å²) in [6, 6.07) is 10.9. The lowest BCUT2D eigenvalue weighted by Crippen LogP contribution is -2.46. The number of aryl methyl sites for hydroxylation is 1. The van der Waals surface area contributed by atoms with Crippen molar-refractivity contribution in [3.05, 3.63) is 48.4 Å². The number of aromatic amines is 1. The van der Waals surface area contributed by atoms with Crippen molar-refractivity contribution in [2.45, 2.75) is 24.8 Å². The minimum Gasteiger partial charge on any atom is -0.369 e. The van der Waals surface area contributed by atoms with Gasteiger partial charge >= 0.3 is 0 Å². The van der Waals surface area contributed by atoms with Gasteiger partial charge < -0.3 is 9.88 Å². The molecular weight excluding hydrogens is 354 g/mol. The molecular formula is C21H27N5S. The molecule has 1 aromatic carbocycles. The molecule has 1 aliphatic rings. The number of aromatic nitrogens is 3. The van der Waals surface area contributed by atoms with Crippen LogP contribution in [0, 0.1) is 6.92 Å². The van der Waals surface area contributed by atoms with Crippen LogP contribution >= 0.6 is 11.8 Å². The van der Waals surface area contributed by atoms with Crippen molar-refractivity contribution in [1.29, 1.82) is 0 Å². The van der Waals surface area contributed by atoms with E-state index < -0.39 is 0 Å². The smallest absolute Gasteiger partial charge is 0.141 e. The molecule has 0 aliphatic carbocycles. The highest BCUT2D eigenvalue weighted by molar-refractivity contribution is 7.99. The number of nitrogens with zero attached hydrogens (tertiary/aromatic N) is 4. The minimum absolute atomic E-state index is 0.930. The Morgan fingerprint density at radius 3 is 2.81 bits per heavy atom. The van der Waals surface area contributed by atoms with Crippen molar-refractivity contribution < 1.29 is 0 Å². The van der Waals surface area contributed by atoms with Gasteiger partial charge in [-0.05, 0) is 55.8 Å². The Bertz CT molecular complexity index is 870. The molecule has 4 rings (SSSR count). The second-order valence-corrected chi connectivity index (χ2v) is 8.23. The van der Waals surface area contributed by atoms with E-state index in [2.05, 4.69) is 62.0 Å². The summed E-state index contributed by atoms with van der Waals surface area (Å²) in [5, 5.41) is 2.22. The molecule has 5 nitrogen and oxygen atoms in total. The lowest BCUT2D eigenvalue weighted by atomic mass is 10.2. The Labute approximate surface area is 165 Å². The Hall–Kier alpha value is -2.05. The average Bonchev–Trinajstić information content (AvgIpc) is 3.18. The zero-order chi connectivity index (χ0) is 18.5. The van der Waals surface area contributed by atoms with Crippen molar-refractivity contribution in [1.82, 2.24) is 19.9 Å². The molecule has 0 radical (unpaired) electrons. The number of unbranched alkanes of at least 4 members (excludes halogenated alkanes) is 1. The van der Waals surface area contributed by atoms with Gasteiger partial charge in [-0.15, -0.1) is 11.8 Å². The van der Waals surface area contributed by atoms with Crippen LogP contribution in [0.1, 0.15) is 18.4 Å². The number of piperazine rings is 1. The zero-order valence-electron chi connectivity index (χ0n) is 15.9. The Kier molecular flexibility index (Phi) is 5.94. The minimum atomic E-state index is 0.930. The molecule has 3 aromatic rings. The summed E-state index contributed by atoms with van der Waals surface area (Å²) in [7, 11) is 0. The van der Waals surface area contributed by atoms with E-state index in [-0.39, 0.29) is 0 Å². The van der Waals surface area contributed by atoms with Gasteiger partial charge in [0.05, 0.1) is 5.39 Å². The van der Waals surface area contributed by atoms with E-state index in [0.29, 0.717) is 0 Å². The van der Waals surface area contributed by atoms with Crippen molar-refractivity contribution in [3.63, 3.8) is 0 Å². The normalized spacial score (nSPS) is 15.5. The monoisotopic (exact) mass is 381 g/mol. The third-order valence-corrected chi connectivity index (χ3v) is 6.26. The summed E-state index contributed by atoms with van der Waals surface area (Å²) >= 11 is 1.84. The first-order valence-electron chi connectivity index (χ1n) is 9.74. The number of anilines is 1. The molecule has 27 heavy (non-hydrogen) atoms. The molecule has 2 aromatic heterocycles. The first-order valence-corrected chi connectivity index (χ1v) is 10.7. The van der Waals surface area contributed by atoms with Crippen LogP contribution in [0.3, 0.4) is 0 Å². The third-order valence-electron chi connectivity index (χ3n) is 5.16. The fourth-order valence-electron chi connectivity index (χ4n) is 3.62. The summed E-state index contributed by atoms with van der Waals surface area (Å²) in [5.41, 5.74) is 3.64. The molecule has 0 unspecified atom stereocenters. The van der Waals surface area contributed by atoms with E-state index in [1.165, 1.54) is 30.6 Å². The number of thioether (sulfide) groups is 1. The van der Waals surface area contributed by atoms with Gasteiger partial charge in [0.15, 0.2) is 0 Å². The summed E-state index contributed by atoms with van der Waals surface area (Å²) in [6.45, 7) is 7.95. The molecule has 0 atom stereocenters. The SMILES string of the molecule is Cc1cccc(N2CCN(CCCCSc3ncnc4[nH]ccc34)CC2)c1. The van der Waals surface area contributed by atoms with Crippen molar-refractivity contribution in [2.24, 2.45) is 0 Å². The van der Waals surface area contributed by atoms with Gasteiger partial charge in [0.2, 0.25) is 0 Å². The molecule has 0 spiro atoms. The van der Waals surface area contributed by atoms with Crippen molar-refractivity contribution in [2.75, 3.05) is 43.4 Å². The van der Waals surface area contributed by atoms with Crippen molar-refractivity contribution >= 4 is 28.5 Å². The third kappa shape index (κ3) is 4.62. The number of benzene rings is 1. The van der Waals surface area contributed by atoms with Crippen LogP contribution in [-0.2, 0) is 0 Å². The Morgan fingerprint density at radius 1 is 1.07 bits per heavy atom. The molecule has 6 heteroatoms. The van der Waals surface area contributed by atoms with Crippen LogP contribution < -0.4 is 4.90 Å². The van der Waals surface area contributed by atoms with E-state index in [0.717, 1.165) is 48.0 Å². The van der Waals surface area contributed by atoms with E-state index in [4.69, 9.17) is 0 Å². The summed E-state index contributed by atoms with van der Waals surface area (Å²) in [4.78, 5) is 16.9. The predicted octanol–water partition coefficient (Wildman–Crippen LogP) is 3.96. The highest BCUT2D eigenvalue weighted by atomic mass is 32.2. The summed E-state index contributed by atoms with van der Waals surface area (Å²) in [5.74, 6) is 1.11. The van der Waals surface area contributed by atoms with Crippen LogP contribution in [-0.4, -0.2) is 58.3 Å². The van der Waals surface area contributed by atoms with Gasteiger partial charge in [-0.25, -0.2) is 9.97 Å². The quantitative estimate of drug-likeness (QED) is 0.381. The van der Waals surface area contributed by atoms with E-state index in [1.807, 2.05) is 18.0 Å². The molecule has 0 saturated carbocycles. The maximum Gasteiger partial charge on any atom is 0.141 e. The highest BCUT2D eigenvalue weighted by Gasteiger charge is 2.16. The zero-order valence-corrected chi connectivity index (χ0v) is 16.7. The van der Waals surface area contributed by atoms with Gasteiger partial charge in [0.25, 0.3) is 0 Å². The number of rotatable bonds is 7. The number of fused-ring (bicyclic) bond motifs is 1. The summed E-state index contributed by atoms with van der Waals surface area (Å²) in [6.07, 6.45) is 6.05. The topological polar surface area (TPSA) is 48.1 Å². The molecule has 1 aliphatic heterocycles. The first-order chi connectivity index (χ1) is 13.3. The fourth-order valence-corrected chi connectivity index (χ4v) is 4.61.